The third-order valence-corrected chi connectivity index (χ3v) is 5.03. The van der Waals surface area contributed by atoms with Gasteiger partial charge in [0.2, 0.25) is 0 Å². The van der Waals surface area contributed by atoms with Gasteiger partial charge in [0.25, 0.3) is 0 Å². The average molecular weight is 454 g/mol. The average Bonchev–Trinajstić information content (AvgIpc) is 2.35. The SMILES string of the molecule is NC(c1ccc(Cl)c(Br)c1)c1cc(Br)ccc1Br. The van der Waals surface area contributed by atoms with E-state index in [2.05, 4.69) is 47.8 Å². The lowest BCUT2D eigenvalue weighted by atomic mass is 10.00. The van der Waals surface area contributed by atoms with Crippen molar-refractivity contribution in [3.8, 4) is 0 Å². The second-order valence-corrected chi connectivity index (χ2v) is 6.85. The van der Waals surface area contributed by atoms with Crippen LogP contribution in [0.1, 0.15) is 17.2 Å². The maximum atomic E-state index is 6.29. The minimum atomic E-state index is -0.203. The van der Waals surface area contributed by atoms with Gasteiger partial charge in [-0.2, -0.15) is 0 Å². The molecule has 0 radical (unpaired) electrons. The van der Waals surface area contributed by atoms with Crippen molar-refractivity contribution >= 4 is 59.4 Å². The summed E-state index contributed by atoms with van der Waals surface area (Å²) in [4.78, 5) is 0. The number of nitrogens with two attached hydrogens (primary N) is 1. The fraction of sp³-hybridized carbons (Fsp3) is 0.0769. The highest BCUT2D eigenvalue weighted by molar-refractivity contribution is 9.11. The number of rotatable bonds is 2. The number of halogens is 4. The lowest BCUT2D eigenvalue weighted by Gasteiger charge is -2.15. The van der Waals surface area contributed by atoms with E-state index in [0.29, 0.717) is 5.02 Å². The monoisotopic (exact) mass is 451 g/mol. The molecule has 2 aromatic rings. The Hall–Kier alpha value is 0.130. The van der Waals surface area contributed by atoms with Gasteiger partial charge in [-0.1, -0.05) is 49.5 Å². The minimum absolute atomic E-state index is 0.203. The molecule has 0 aliphatic rings. The summed E-state index contributed by atoms with van der Waals surface area (Å²) in [5.41, 5.74) is 8.32. The Morgan fingerprint density at radius 2 is 1.67 bits per heavy atom. The van der Waals surface area contributed by atoms with Crippen molar-refractivity contribution in [2.45, 2.75) is 6.04 Å². The van der Waals surface area contributed by atoms with E-state index < -0.39 is 0 Å². The largest absolute Gasteiger partial charge is 0.320 e. The van der Waals surface area contributed by atoms with Crippen molar-refractivity contribution in [1.29, 1.82) is 0 Å². The summed E-state index contributed by atoms with van der Waals surface area (Å²) in [6.45, 7) is 0. The quantitative estimate of drug-likeness (QED) is 0.621. The Morgan fingerprint density at radius 3 is 2.33 bits per heavy atom. The molecule has 0 heterocycles. The van der Waals surface area contributed by atoms with Crippen molar-refractivity contribution in [2.75, 3.05) is 0 Å². The highest BCUT2D eigenvalue weighted by Crippen LogP contribution is 2.32. The van der Waals surface area contributed by atoms with E-state index in [4.69, 9.17) is 17.3 Å². The van der Waals surface area contributed by atoms with Crippen LogP contribution in [-0.4, -0.2) is 0 Å². The molecule has 0 aromatic heterocycles. The fourth-order valence-corrected chi connectivity index (χ4v) is 3.02. The van der Waals surface area contributed by atoms with Crippen LogP contribution in [-0.2, 0) is 0 Å². The third-order valence-electron chi connectivity index (χ3n) is 2.60. The van der Waals surface area contributed by atoms with Crippen molar-refractivity contribution in [3.05, 3.63) is 66.0 Å². The Morgan fingerprint density at radius 1 is 0.944 bits per heavy atom. The molecule has 0 bridgehead atoms. The molecule has 1 unspecified atom stereocenters. The second-order valence-electron chi connectivity index (χ2n) is 3.82. The second kappa shape index (κ2) is 6.06. The summed E-state index contributed by atoms with van der Waals surface area (Å²) in [6, 6.07) is 11.5. The van der Waals surface area contributed by atoms with E-state index in [1.165, 1.54) is 0 Å². The molecule has 0 saturated carbocycles. The topological polar surface area (TPSA) is 26.0 Å². The first-order valence-electron chi connectivity index (χ1n) is 5.14. The van der Waals surface area contributed by atoms with Crippen LogP contribution in [0.5, 0.6) is 0 Å². The van der Waals surface area contributed by atoms with Gasteiger partial charge in [-0.15, -0.1) is 0 Å². The Bertz CT molecular complexity index is 586. The highest BCUT2D eigenvalue weighted by Gasteiger charge is 2.13. The van der Waals surface area contributed by atoms with Crippen molar-refractivity contribution in [1.82, 2.24) is 0 Å². The Labute approximate surface area is 136 Å². The number of benzene rings is 2. The summed E-state index contributed by atoms with van der Waals surface area (Å²) in [7, 11) is 0. The van der Waals surface area contributed by atoms with Crippen LogP contribution in [0.15, 0.2) is 49.8 Å². The van der Waals surface area contributed by atoms with Crippen LogP contribution < -0.4 is 5.73 Å². The molecule has 1 nitrogen and oxygen atoms in total. The Balaban J connectivity index is 2.44. The van der Waals surface area contributed by atoms with Gasteiger partial charge in [-0.3, -0.25) is 0 Å². The summed E-state index contributed by atoms with van der Waals surface area (Å²) in [5, 5.41) is 0.680. The van der Waals surface area contributed by atoms with Gasteiger partial charge in [0.15, 0.2) is 0 Å². The molecule has 5 heteroatoms. The van der Waals surface area contributed by atoms with Crippen molar-refractivity contribution in [3.63, 3.8) is 0 Å². The third kappa shape index (κ3) is 3.17. The molecule has 0 aliphatic heterocycles. The Kier molecular flexibility index (Phi) is 4.89. The zero-order valence-electron chi connectivity index (χ0n) is 9.13. The molecule has 2 aromatic carbocycles. The van der Waals surface area contributed by atoms with Crippen molar-refractivity contribution < 1.29 is 0 Å². The molecule has 18 heavy (non-hydrogen) atoms. The van der Waals surface area contributed by atoms with Crippen LogP contribution in [0.3, 0.4) is 0 Å². The first-order chi connectivity index (χ1) is 8.49. The van der Waals surface area contributed by atoms with Gasteiger partial charge in [-0.05, 0) is 57.4 Å². The first kappa shape index (κ1) is 14.5. The molecule has 94 valence electrons. The molecule has 0 fully saturated rings. The van der Waals surface area contributed by atoms with Crippen LogP contribution in [0.25, 0.3) is 0 Å². The van der Waals surface area contributed by atoms with E-state index >= 15 is 0 Å². The van der Waals surface area contributed by atoms with Gasteiger partial charge in [-0.25, -0.2) is 0 Å². The maximum Gasteiger partial charge on any atom is 0.0563 e. The van der Waals surface area contributed by atoms with E-state index in [1.807, 2.05) is 36.4 Å². The number of hydrogen-bond acceptors (Lipinski definition) is 1. The van der Waals surface area contributed by atoms with Crippen LogP contribution >= 0.6 is 59.4 Å². The molecule has 2 rings (SSSR count). The predicted molar refractivity (Wildman–Crippen MR) is 87.0 cm³/mol. The zero-order chi connectivity index (χ0) is 13.3. The molecule has 0 spiro atoms. The zero-order valence-corrected chi connectivity index (χ0v) is 14.6. The maximum absolute atomic E-state index is 6.29. The summed E-state index contributed by atoms with van der Waals surface area (Å²) in [5.74, 6) is 0. The van der Waals surface area contributed by atoms with Gasteiger partial charge in [0, 0.05) is 13.4 Å². The molecule has 0 saturated heterocycles. The van der Waals surface area contributed by atoms with E-state index in [0.717, 1.165) is 24.5 Å². The standard InChI is InChI=1S/C13H9Br3ClN/c14-8-2-3-10(15)9(6-8)13(18)7-1-4-12(17)11(16)5-7/h1-6,13H,18H2. The smallest absolute Gasteiger partial charge is 0.0563 e. The van der Waals surface area contributed by atoms with E-state index in [9.17, 15) is 0 Å². The molecule has 0 aliphatic carbocycles. The summed E-state index contributed by atoms with van der Waals surface area (Å²) < 4.78 is 2.84. The molecule has 2 N–H and O–H groups in total. The van der Waals surface area contributed by atoms with Crippen molar-refractivity contribution in [2.24, 2.45) is 5.73 Å². The summed E-state index contributed by atoms with van der Waals surface area (Å²) in [6.07, 6.45) is 0. The van der Waals surface area contributed by atoms with Gasteiger partial charge >= 0.3 is 0 Å². The van der Waals surface area contributed by atoms with E-state index in [-0.39, 0.29) is 6.04 Å². The normalized spacial score (nSPS) is 12.5. The lowest BCUT2D eigenvalue weighted by Crippen LogP contribution is -2.12. The van der Waals surface area contributed by atoms with Gasteiger partial charge < -0.3 is 5.73 Å². The molecule has 0 amide bonds. The molecular weight excluding hydrogens is 445 g/mol. The minimum Gasteiger partial charge on any atom is -0.320 e. The highest BCUT2D eigenvalue weighted by atomic mass is 79.9. The van der Waals surface area contributed by atoms with E-state index in [1.54, 1.807) is 0 Å². The predicted octanol–water partition coefficient (Wildman–Crippen LogP) is 5.68. The summed E-state index contributed by atoms with van der Waals surface area (Å²) >= 11 is 16.4. The van der Waals surface area contributed by atoms with Crippen LogP contribution in [0.4, 0.5) is 0 Å². The molecular formula is C13H9Br3ClN. The van der Waals surface area contributed by atoms with Crippen LogP contribution in [0.2, 0.25) is 5.02 Å². The lowest BCUT2D eigenvalue weighted by molar-refractivity contribution is 0.864. The van der Waals surface area contributed by atoms with Gasteiger partial charge in [0.1, 0.15) is 0 Å². The first-order valence-corrected chi connectivity index (χ1v) is 7.90. The molecule has 1 atom stereocenters. The fourth-order valence-electron chi connectivity index (χ4n) is 1.64. The van der Waals surface area contributed by atoms with Gasteiger partial charge in [0.05, 0.1) is 11.1 Å². The van der Waals surface area contributed by atoms with Crippen LogP contribution in [0, 0.1) is 0 Å². The number of hydrogen-bond donors (Lipinski definition) is 1.